The van der Waals surface area contributed by atoms with E-state index in [4.69, 9.17) is 14.2 Å². The van der Waals surface area contributed by atoms with E-state index in [1.807, 2.05) is 0 Å². The lowest BCUT2D eigenvalue weighted by Crippen LogP contribution is -2.31. The first-order chi connectivity index (χ1) is 15.3. The van der Waals surface area contributed by atoms with Crippen molar-refractivity contribution in [2.24, 2.45) is 0 Å². The van der Waals surface area contributed by atoms with Crippen LogP contribution in [0.15, 0.2) is 42.0 Å². The second-order valence-corrected chi connectivity index (χ2v) is 7.45. The highest BCUT2D eigenvalue weighted by atomic mass is 16.5. The lowest BCUT2D eigenvalue weighted by molar-refractivity contribution is -0.140. The molecule has 0 aliphatic carbocycles. The number of ketones is 1. The van der Waals surface area contributed by atoms with Crippen LogP contribution in [0.4, 0.5) is 0 Å². The Labute approximate surface area is 186 Å². The molecular formula is C24H27NO7. The summed E-state index contributed by atoms with van der Waals surface area (Å²) < 4.78 is 15.5. The number of rotatable bonds is 8. The third-order valence-corrected chi connectivity index (χ3v) is 5.50. The van der Waals surface area contributed by atoms with Gasteiger partial charge in [0, 0.05) is 25.8 Å². The molecule has 0 aromatic heterocycles. The summed E-state index contributed by atoms with van der Waals surface area (Å²) in [4.78, 5) is 27.4. The second kappa shape index (κ2) is 9.74. The van der Waals surface area contributed by atoms with Crippen LogP contribution in [0.3, 0.4) is 0 Å². The SMILES string of the molecule is COCCCN1C(=O)C(=O)/C(=C(/O)c2ccc(OC)cc2C)C1c1ccc(O)c(OC)c1. The molecule has 2 N–H and O–H groups in total. The predicted molar refractivity (Wildman–Crippen MR) is 118 cm³/mol. The van der Waals surface area contributed by atoms with Gasteiger partial charge in [0.15, 0.2) is 11.5 Å². The van der Waals surface area contributed by atoms with Gasteiger partial charge in [-0.3, -0.25) is 9.59 Å². The van der Waals surface area contributed by atoms with Crippen molar-refractivity contribution in [3.8, 4) is 17.2 Å². The number of aromatic hydroxyl groups is 1. The van der Waals surface area contributed by atoms with Crippen LogP contribution in [0, 0.1) is 6.92 Å². The Bertz CT molecular complexity index is 1060. The summed E-state index contributed by atoms with van der Waals surface area (Å²) in [5, 5.41) is 21.2. The van der Waals surface area contributed by atoms with Crippen LogP contribution in [0.2, 0.25) is 0 Å². The maximum atomic E-state index is 13.1. The molecule has 170 valence electrons. The van der Waals surface area contributed by atoms with Gasteiger partial charge in [0.25, 0.3) is 11.7 Å². The van der Waals surface area contributed by atoms with Gasteiger partial charge in [-0.15, -0.1) is 0 Å². The van der Waals surface area contributed by atoms with Crippen LogP contribution >= 0.6 is 0 Å². The van der Waals surface area contributed by atoms with Crippen molar-refractivity contribution in [2.45, 2.75) is 19.4 Å². The average Bonchev–Trinajstić information content (AvgIpc) is 3.04. The standard InChI is InChI=1S/C24H27NO7/c1-14-12-16(31-3)7-8-17(14)22(27)20-21(15-6-9-18(26)19(13-15)32-4)25(10-5-11-30-2)24(29)23(20)28/h6-9,12-13,21,26-27H,5,10-11H2,1-4H3/b22-20+. The fourth-order valence-corrected chi connectivity index (χ4v) is 3.87. The molecule has 1 unspecified atom stereocenters. The second-order valence-electron chi connectivity index (χ2n) is 7.45. The number of Topliss-reactive ketones (excluding diaryl/α,β-unsaturated/α-hetero) is 1. The van der Waals surface area contributed by atoms with Crippen molar-refractivity contribution in [1.82, 2.24) is 4.90 Å². The number of aryl methyl sites for hydroxylation is 1. The van der Waals surface area contributed by atoms with E-state index < -0.39 is 17.7 Å². The summed E-state index contributed by atoms with van der Waals surface area (Å²) in [6.45, 7) is 2.45. The first-order valence-corrected chi connectivity index (χ1v) is 10.1. The number of likely N-dealkylation sites (tertiary alicyclic amines) is 1. The number of hydrogen-bond donors (Lipinski definition) is 2. The number of aliphatic hydroxyl groups excluding tert-OH is 1. The molecule has 8 heteroatoms. The fourth-order valence-electron chi connectivity index (χ4n) is 3.87. The third-order valence-electron chi connectivity index (χ3n) is 5.50. The van der Waals surface area contributed by atoms with Gasteiger partial charge in [-0.1, -0.05) is 6.07 Å². The van der Waals surface area contributed by atoms with Crippen LogP contribution < -0.4 is 9.47 Å². The van der Waals surface area contributed by atoms with Gasteiger partial charge in [-0.05, 0) is 54.8 Å². The first-order valence-electron chi connectivity index (χ1n) is 10.1. The van der Waals surface area contributed by atoms with Gasteiger partial charge in [-0.2, -0.15) is 0 Å². The summed E-state index contributed by atoms with van der Waals surface area (Å²) >= 11 is 0. The molecule has 1 amide bonds. The van der Waals surface area contributed by atoms with E-state index >= 15 is 0 Å². The molecule has 2 aromatic rings. The number of ether oxygens (including phenoxy) is 3. The zero-order valence-electron chi connectivity index (χ0n) is 18.5. The van der Waals surface area contributed by atoms with E-state index in [0.29, 0.717) is 35.5 Å². The summed E-state index contributed by atoms with van der Waals surface area (Å²) in [6.07, 6.45) is 0.511. The minimum atomic E-state index is -0.845. The van der Waals surface area contributed by atoms with Crippen molar-refractivity contribution in [2.75, 3.05) is 34.5 Å². The topological polar surface area (TPSA) is 106 Å². The van der Waals surface area contributed by atoms with E-state index in [9.17, 15) is 19.8 Å². The number of carbonyl (C=O) groups is 2. The number of phenolic OH excluding ortho intramolecular Hbond substituents is 1. The predicted octanol–water partition coefficient (Wildman–Crippen LogP) is 3.18. The molecule has 1 fully saturated rings. The molecule has 1 atom stereocenters. The van der Waals surface area contributed by atoms with Gasteiger partial charge in [0.1, 0.15) is 11.5 Å². The van der Waals surface area contributed by atoms with Crippen LogP contribution in [0.1, 0.15) is 29.2 Å². The van der Waals surface area contributed by atoms with Gasteiger partial charge >= 0.3 is 0 Å². The Balaban J connectivity index is 2.18. The van der Waals surface area contributed by atoms with E-state index in [0.717, 1.165) is 0 Å². The lowest BCUT2D eigenvalue weighted by atomic mass is 9.93. The van der Waals surface area contributed by atoms with E-state index in [1.54, 1.807) is 44.4 Å². The Hall–Kier alpha value is -3.52. The number of methoxy groups -OCH3 is 3. The molecule has 1 heterocycles. The smallest absolute Gasteiger partial charge is 0.295 e. The molecule has 0 bridgehead atoms. The number of phenols is 1. The zero-order chi connectivity index (χ0) is 23.4. The Kier molecular flexibility index (Phi) is 7.05. The number of benzene rings is 2. The molecule has 32 heavy (non-hydrogen) atoms. The number of amides is 1. The van der Waals surface area contributed by atoms with Crippen LogP contribution in [-0.4, -0.2) is 61.3 Å². The van der Waals surface area contributed by atoms with Crippen molar-refractivity contribution >= 4 is 17.4 Å². The molecule has 3 rings (SSSR count). The van der Waals surface area contributed by atoms with Gasteiger partial charge < -0.3 is 29.3 Å². The molecule has 0 spiro atoms. The number of nitrogens with zero attached hydrogens (tertiary/aromatic N) is 1. The molecule has 8 nitrogen and oxygen atoms in total. The molecule has 1 aliphatic rings. The zero-order valence-corrected chi connectivity index (χ0v) is 18.5. The molecular weight excluding hydrogens is 414 g/mol. The third kappa shape index (κ3) is 4.27. The molecule has 0 radical (unpaired) electrons. The van der Waals surface area contributed by atoms with Crippen molar-refractivity contribution in [3.63, 3.8) is 0 Å². The quantitative estimate of drug-likeness (QED) is 0.281. The van der Waals surface area contributed by atoms with Gasteiger partial charge in [0.05, 0.1) is 25.8 Å². The maximum absolute atomic E-state index is 13.1. The van der Waals surface area contributed by atoms with Crippen molar-refractivity contribution < 1.29 is 34.0 Å². The van der Waals surface area contributed by atoms with E-state index in [2.05, 4.69) is 0 Å². The fraction of sp³-hybridized carbons (Fsp3) is 0.333. The summed E-state index contributed by atoms with van der Waals surface area (Å²) in [7, 11) is 4.51. The molecule has 0 saturated carbocycles. The number of hydrogen-bond acceptors (Lipinski definition) is 7. The summed E-state index contributed by atoms with van der Waals surface area (Å²) in [6, 6.07) is 8.81. The highest BCUT2D eigenvalue weighted by Gasteiger charge is 2.46. The Morgan fingerprint density at radius 3 is 2.44 bits per heavy atom. The molecule has 2 aromatic carbocycles. The first kappa shape index (κ1) is 23.1. The molecule has 1 saturated heterocycles. The minimum Gasteiger partial charge on any atom is -0.507 e. The lowest BCUT2D eigenvalue weighted by Gasteiger charge is -2.26. The summed E-state index contributed by atoms with van der Waals surface area (Å²) in [5.41, 5.74) is 1.63. The number of aliphatic hydroxyl groups is 1. The highest BCUT2D eigenvalue weighted by molar-refractivity contribution is 6.46. The Morgan fingerprint density at radius 2 is 1.81 bits per heavy atom. The van der Waals surface area contributed by atoms with E-state index in [-0.39, 0.29) is 29.4 Å². The average molecular weight is 441 g/mol. The van der Waals surface area contributed by atoms with Crippen molar-refractivity contribution in [1.29, 1.82) is 0 Å². The minimum absolute atomic E-state index is 0.0200. The Morgan fingerprint density at radius 1 is 1.06 bits per heavy atom. The number of carbonyl (C=O) groups excluding carboxylic acids is 2. The van der Waals surface area contributed by atoms with Crippen LogP contribution in [0.25, 0.3) is 5.76 Å². The normalized spacial score (nSPS) is 17.6. The largest absolute Gasteiger partial charge is 0.507 e. The van der Waals surface area contributed by atoms with Crippen molar-refractivity contribution in [3.05, 3.63) is 58.7 Å². The highest BCUT2D eigenvalue weighted by Crippen LogP contribution is 2.42. The van der Waals surface area contributed by atoms with Crippen LogP contribution in [-0.2, 0) is 14.3 Å². The maximum Gasteiger partial charge on any atom is 0.295 e. The van der Waals surface area contributed by atoms with Crippen LogP contribution in [0.5, 0.6) is 17.2 Å². The summed E-state index contributed by atoms with van der Waals surface area (Å²) in [5.74, 6) is -1.00. The van der Waals surface area contributed by atoms with E-state index in [1.165, 1.54) is 25.2 Å². The van der Waals surface area contributed by atoms with Gasteiger partial charge in [-0.25, -0.2) is 0 Å². The monoisotopic (exact) mass is 441 g/mol. The molecule has 1 aliphatic heterocycles. The van der Waals surface area contributed by atoms with Gasteiger partial charge in [0.2, 0.25) is 0 Å².